The number of nitrogen functional groups attached to an aromatic ring is 1. The predicted octanol–water partition coefficient (Wildman–Crippen LogP) is 2.35. The number of hydrogen-bond acceptors (Lipinski definition) is 4. The van der Waals surface area contributed by atoms with Gasteiger partial charge in [-0.2, -0.15) is 0 Å². The van der Waals surface area contributed by atoms with Crippen molar-refractivity contribution in [2.75, 3.05) is 20.0 Å². The van der Waals surface area contributed by atoms with Crippen LogP contribution in [-0.2, 0) is 0 Å². The maximum Gasteiger partial charge on any atom is 0.215 e. The number of aromatic nitrogens is 1. The van der Waals surface area contributed by atoms with Gasteiger partial charge in [-0.25, -0.2) is 4.98 Å². The number of methoxy groups -OCH3 is 2. The smallest absolute Gasteiger partial charge is 0.215 e. The Kier molecular flexibility index (Phi) is 3.14. The summed E-state index contributed by atoms with van der Waals surface area (Å²) in [6, 6.07) is 11.1. The maximum atomic E-state index is 5.80. The minimum Gasteiger partial charge on any atom is -0.496 e. The van der Waals surface area contributed by atoms with Crippen molar-refractivity contribution in [2.45, 2.75) is 0 Å². The van der Waals surface area contributed by atoms with E-state index in [1.165, 1.54) is 0 Å². The molecule has 0 amide bonds. The molecule has 2 rings (SSSR count). The van der Waals surface area contributed by atoms with Gasteiger partial charge in [-0.1, -0.05) is 12.1 Å². The molecule has 0 aliphatic rings. The SMILES string of the molecule is COc1cc(N)cc(-c2ccccc2OC)n1. The Morgan fingerprint density at radius 3 is 2.53 bits per heavy atom. The molecule has 0 aliphatic carbocycles. The zero-order valence-electron chi connectivity index (χ0n) is 9.81. The van der Waals surface area contributed by atoms with Gasteiger partial charge in [0, 0.05) is 17.3 Å². The quantitative estimate of drug-likeness (QED) is 0.879. The standard InChI is InChI=1S/C13H14N2O2/c1-16-12-6-4-3-5-10(12)11-7-9(14)8-13(15-11)17-2/h3-8H,1-2H3,(H2,14,15). The molecule has 0 atom stereocenters. The van der Waals surface area contributed by atoms with Crippen LogP contribution in [0, 0.1) is 0 Å². The van der Waals surface area contributed by atoms with Crippen LogP contribution in [0.25, 0.3) is 11.3 Å². The summed E-state index contributed by atoms with van der Waals surface area (Å²) in [7, 11) is 3.19. The van der Waals surface area contributed by atoms with Gasteiger partial charge in [0.2, 0.25) is 5.88 Å². The second-order valence-corrected chi connectivity index (χ2v) is 3.53. The van der Waals surface area contributed by atoms with Crippen molar-refractivity contribution in [2.24, 2.45) is 0 Å². The number of hydrogen-bond donors (Lipinski definition) is 1. The first-order chi connectivity index (χ1) is 8.24. The Hall–Kier alpha value is -2.23. The molecule has 0 saturated heterocycles. The molecule has 0 saturated carbocycles. The summed E-state index contributed by atoms with van der Waals surface area (Å²) in [5.41, 5.74) is 8.04. The Morgan fingerprint density at radius 2 is 1.82 bits per heavy atom. The molecule has 0 unspecified atom stereocenters. The summed E-state index contributed by atoms with van der Waals surface area (Å²) in [4.78, 5) is 4.35. The van der Waals surface area contributed by atoms with Crippen molar-refractivity contribution in [3.8, 4) is 22.9 Å². The molecule has 0 aliphatic heterocycles. The number of nitrogens with zero attached hydrogens (tertiary/aromatic N) is 1. The molecule has 4 heteroatoms. The Bertz CT molecular complexity index is 527. The molecular formula is C13H14N2O2. The predicted molar refractivity (Wildman–Crippen MR) is 67.2 cm³/mol. The second-order valence-electron chi connectivity index (χ2n) is 3.53. The first-order valence-electron chi connectivity index (χ1n) is 5.19. The molecular weight excluding hydrogens is 216 g/mol. The zero-order chi connectivity index (χ0) is 12.3. The third-order valence-electron chi connectivity index (χ3n) is 2.42. The highest BCUT2D eigenvalue weighted by molar-refractivity contribution is 5.70. The molecule has 17 heavy (non-hydrogen) atoms. The van der Waals surface area contributed by atoms with Crippen molar-refractivity contribution in [3.05, 3.63) is 36.4 Å². The summed E-state index contributed by atoms with van der Waals surface area (Å²) < 4.78 is 10.4. The fourth-order valence-electron chi connectivity index (χ4n) is 1.62. The van der Waals surface area contributed by atoms with Gasteiger partial charge >= 0.3 is 0 Å². The average Bonchev–Trinajstić information content (AvgIpc) is 2.37. The van der Waals surface area contributed by atoms with Crippen LogP contribution < -0.4 is 15.2 Å². The third-order valence-corrected chi connectivity index (χ3v) is 2.42. The van der Waals surface area contributed by atoms with Crippen molar-refractivity contribution >= 4 is 5.69 Å². The normalized spacial score (nSPS) is 10.0. The first kappa shape index (κ1) is 11.3. The number of para-hydroxylation sites is 1. The van der Waals surface area contributed by atoms with E-state index in [1.807, 2.05) is 24.3 Å². The van der Waals surface area contributed by atoms with Gasteiger partial charge < -0.3 is 15.2 Å². The summed E-state index contributed by atoms with van der Waals surface area (Å²) in [5, 5.41) is 0. The molecule has 88 valence electrons. The fourth-order valence-corrected chi connectivity index (χ4v) is 1.62. The molecule has 2 aromatic rings. The van der Waals surface area contributed by atoms with E-state index in [-0.39, 0.29) is 0 Å². The number of pyridine rings is 1. The van der Waals surface area contributed by atoms with Crippen LogP contribution in [0.15, 0.2) is 36.4 Å². The largest absolute Gasteiger partial charge is 0.496 e. The summed E-state index contributed by atoms with van der Waals surface area (Å²) in [5.74, 6) is 1.25. The van der Waals surface area contributed by atoms with Gasteiger partial charge in [0.25, 0.3) is 0 Å². The molecule has 0 spiro atoms. The van der Waals surface area contributed by atoms with Crippen LogP contribution in [0.5, 0.6) is 11.6 Å². The van der Waals surface area contributed by atoms with Gasteiger partial charge in [-0.15, -0.1) is 0 Å². The van der Waals surface area contributed by atoms with Crippen LogP contribution in [-0.4, -0.2) is 19.2 Å². The highest BCUT2D eigenvalue weighted by Crippen LogP contribution is 2.30. The summed E-state index contributed by atoms with van der Waals surface area (Å²) >= 11 is 0. The second kappa shape index (κ2) is 4.74. The number of ether oxygens (including phenoxy) is 2. The van der Waals surface area contributed by atoms with Crippen LogP contribution >= 0.6 is 0 Å². The van der Waals surface area contributed by atoms with E-state index < -0.39 is 0 Å². The number of nitrogens with two attached hydrogens (primary N) is 1. The van der Waals surface area contributed by atoms with Crippen LogP contribution in [0.3, 0.4) is 0 Å². The lowest BCUT2D eigenvalue weighted by molar-refractivity contribution is 0.398. The van der Waals surface area contributed by atoms with Crippen molar-refractivity contribution in [1.82, 2.24) is 4.98 Å². The van der Waals surface area contributed by atoms with Gasteiger partial charge in [-0.05, 0) is 18.2 Å². The minimum atomic E-state index is 0.492. The lowest BCUT2D eigenvalue weighted by Gasteiger charge is -2.09. The summed E-state index contributed by atoms with van der Waals surface area (Å²) in [6.45, 7) is 0. The molecule has 2 N–H and O–H groups in total. The molecule has 1 heterocycles. The maximum absolute atomic E-state index is 5.80. The first-order valence-corrected chi connectivity index (χ1v) is 5.19. The van der Waals surface area contributed by atoms with E-state index in [1.54, 1.807) is 26.4 Å². The topological polar surface area (TPSA) is 57.4 Å². The lowest BCUT2D eigenvalue weighted by Crippen LogP contribution is -1.95. The molecule has 0 fully saturated rings. The lowest BCUT2D eigenvalue weighted by atomic mass is 10.1. The van der Waals surface area contributed by atoms with Crippen molar-refractivity contribution < 1.29 is 9.47 Å². The summed E-state index contributed by atoms with van der Waals surface area (Å²) in [6.07, 6.45) is 0. The number of benzene rings is 1. The van der Waals surface area contributed by atoms with Gasteiger partial charge in [0.1, 0.15) is 5.75 Å². The Balaban J connectivity index is 2.55. The molecule has 0 bridgehead atoms. The van der Waals surface area contributed by atoms with Crippen LogP contribution in [0.1, 0.15) is 0 Å². The zero-order valence-corrected chi connectivity index (χ0v) is 9.81. The number of rotatable bonds is 3. The highest BCUT2D eigenvalue weighted by Gasteiger charge is 2.08. The average molecular weight is 230 g/mol. The minimum absolute atomic E-state index is 0.492. The van der Waals surface area contributed by atoms with E-state index >= 15 is 0 Å². The number of anilines is 1. The highest BCUT2D eigenvalue weighted by atomic mass is 16.5. The van der Waals surface area contributed by atoms with E-state index in [4.69, 9.17) is 15.2 Å². The Morgan fingerprint density at radius 1 is 1.06 bits per heavy atom. The van der Waals surface area contributed by atoms with Crippen molar-refractivity contribution in [1.29, 1.82) is 0 Å². The van der Waals surface area contributed by atoms with Crippen LogP contribution in [0.2, 0.25) is 0 Å². The van der Waals surface area contributed by atoms with E-state index in [9.17, 15) is 0 Å². The van der Waals surface area contributed by atoms with Crippen molar-refractivity contribution in [3.63, 3.8) is 0 Å². The van der Waals surface area contributed by atoms with E-state index in [2.05, 4.69) is 4.98 Å². The van der Waals surface area contributed by atoms with E-state index in [0.29, 0.717) is 11.6 Å². The fraction of sp³-hybridized carbons (Fsp3) is 0.154. The van der Waals surface area contributed by atoms with E-state index in [0.717, 1.165) is 17.0 Å². The van der Waals surface area contributed by atoms with Crippen LogP contribution in [0.4, 0.5) is 5.69 Å². The molecule has 1 aromatic heterocycles. The molecule has 1 aromatic carbocycles. The monoisotopic (exact) mass is 230 g/mol. The van der Waals surface area contributed by atoms with Gasteiger partial charge in [-0.3, -0.25) is 0 Å². The molecule has 4 nitrogen and oxygen atoms in total. The third kappa shape index (κ3) is 2.30. The Labute approximate surface area is 100 Å². The molecule has 0 radical (unpaired) electrons. The van der Waals surface area contributed by atoms with Gasteiger partial charge in [0.05, 0.1) is 19.9 Å². The van der Waals surface area contributed by atoms with Gasteiger partial charge in [0.15, 0.2) is 0 Å².